The molecular formula is C17H20O4. The fraction of sp³-hybridized carbons (Fsp3) is 0.294. The number of carbonyl (C=O) groups is 2. The number of aryl methyl sites for hydroxylation is 1. The van der Waals surface area contributed by atoms with E-state index in [1.54, 1.807) is 37.3 Å². The number of rotatable bonds is 7. The molecule has 112 valence electrons. The van der Waals surface area contributed by atoms with Gasteiger partial charge in [-0.1, -0.05) is 25.1 Å². The predicted octanol–water partition coefficient (Wildman–Crippen LogP) is 3.67. The van der Waals surface area contributed by atoms with E-state index in [1.165, 1.54) is 6.26 Å². The lowest BCUT2D eigenvalue weighted by Gasteiger charge is -2.11. The van der Waals surface area contributed by atoms with Gasteiger partial charge in [-0.3, -0.25) is 0 Å². The Morgan fingerprint density at radius 2 is 2.00 bits per heavy atom. The normalized spacial score (nSPS) is 10.4. The van der Waals surface area contributed by atoms with Crippen LogP contribution in [0, 0.1) is 0 Å². The minimum atomic E-state index is -0.575. The van der Waals surface area contributed by atoms with Crippen LogP contribution in [0.5, 0.6) is 0 Å². The van der Waals surface area contributed by atoms with Gasteiger partial charge in [-0.15, -0.1) is 6.58 Å². The molecule has 0 aliphatic heterocycles. The van der Waals surface area contributed by atoms with Gasteiger partial charge in [0.2, 0.25) is 0 Å². The zero-order valence-corrected chi connectivity index (χ0v) is 12.4. The molecule has 1 rings (SSSR count). The summed E-state index contributed by atoms with van der Waals surface area (Å²) >= 11 is 0. The monoisotopic (exact) mass is 288 g/mol. The Kier molecular flexibility index (Phi) is 6.95. The summed E-state index contributed by atoms with van der Waals surface area (Å²) in [5, 5.41) is 0. The smallest absolute Gasteiger partial charge is 0.343 e. The molecule has 0 spiro atoms. The summed E-state index contributed by atoms with van der Waals surface area (Å²) < 4.78 is 10.0. The number of esters is 2. The van der Waals surface area contributed by atoms with Crippen LogP contribution in [0.2, 0.25) is 0 Å². The zero-order chi connectivity index (χ0) is 15.7. The Hall–Kier alpha value is -2.36. The highest BCUT2D eigenvalue weighted by molar-refractivity contribution is 6.04. The molecule has 0 saturated carbocycles. The lowest BCUT2D eigenvalue weighted by Crippen LogP contribution is -2.15. The van der Waals surface area contributed by atoms with E-state index in [-0.39, 0.29) is 17.7 Å². The molecule has 0 heterocycles. The van der Waals surface area contributed by atoms with Crippen molar-refractivity contribution in [2.75, 3.05) is 6.61 Å². The SMILES string of the molecule is C=CCC=COC(=O)c1cccc(CC)c1C(=O)OCC. The largest absolute Gasteiger partial charge is 0.462 e. The first-order valence-electron chi connectivity index (χ1n) is 6.91. The Balaban J connectivity index is 3.07. The average Bonchev–Trinajstić information content (AvgIpc) is 2.50. The van der Waals surface area contributed by atoms with Crippen molar-refractivity contribution in [3.63, 3.8) is 0 Å². The maximum Gasteiger partial charge on any atom is 0.343 e. The van der Waals surface area contributed by atoms with Crippen molar-refractivity contribution in [2.24, 2.45) is 0 Å². The Labute approximate surface area is 125 Å². The molecule has 0 fully saturated rings. The van der Waals surface area contributed by atoms with Gasteiger partial charge in [0.25, 0.3) is 0 Å². The highest BCUT2D eigenvalue weighted by Crippen LogP contribution is 2.18. The second kappa shape index (κ2) is 8.74. The van der Waals surface area contributed by atoms with Gasteiger partial charge in [0.15, 0.2) is 0 Å². The number of hydrogen-bond acceptors (Lipinski definition) is 4. The summed E-state index contributed by atoms with van der Waals surface area (Å²) in [4.78, 5) is 24.2. The van der Waals surface area contributed by atoms with Gasteiger partial charge < -0.3 is 9.47 Å². The standard InChI is InChI=1S/C17H20O4/c1-4-7-8-12-21-16(18)14-11-9-10-13(5-2)15(14)17(19)20-6-3/h4,8-12H,1,5-7H2,2-3H3. The van der Waals surface area contributed by atoms with Crippen LogP contribution in [0.1, 0.15) is 46.5 Å². The van der Waals surface area contributed by atoms with E-state index >= 15 is 0 Å². The third-order valence-corrected chi connectivity index (χ3v) is 2.81. The first-order chi connectivity index (χ1) is 10.2. The van der Waals surface area contributed by atoms with E-state index in [9.17, 15) is 9.59 Å². The first kappa shape index (κ1) is 16.7. The van der Waals surface area contributed by atoms with E-state index in [2.05, 4.69) is 6.58 Å². The highest BCUT2D eigenvalue weighted by atomic mass is 16.5. The molecule has 0 radical (unpaired) electrons. The molecule has 0 bridgehead atoms. The Morgan fingerprint density at radius 3 is 2.62 bits per heavy atom. The summed E-state index contributed by atoms with van der Waals surface area (Å²) in [5.74, 6) is -1.08. The molecule has 21 heavy (non-hydrogen) atoms. The second-order valence-corrected chi connectivity index (χ2v) is 4.22. The minimum absolute atomic E-state index is 0.219. The van der Waals surface area contributed by atoms with Gasteiger partial charge in [-0.25, -0.2) is 9.59 Å². The van der Waals surface area contributed by atoms with Crippen LogP contribution in [0.4, 0.5) is 0 Å². The number of hydrogen-bond donors (Lipinski definition) is 0. The number of benzene rings is 1. The van der Waals surface area contributed by atoms with Crippen LogP contribution in [-0.2, 0) is 15.9 Å². The lowest BCUT2D eigenvalue weighted by atomic mass is 9.99. The molecule has 0 aromatic heterocycles. The fourth-order valence-electron chi connectivity index (χ4n) is 1.83. The molecule has 0 N–H and O–H groups in total. The van der Waals surface area contributed by atoms with Crippen LogP contribution in [-0.4, -0.2) is 18.5 Å². The average molecular weight is 288 g/mol. The summed E-state index contributed by atoms with van der Waals surface area (Å²) in [6, 6.07) is 5.09. The van der Waals surface area contributed by atoms with Gasteiger partial charge in [-0.05, 0) is 37.5 Å². The maximum absolute atomic E-state index is 12.1. The highest BCUT2D eigenvalue weighted by Gasteiger charge is 2.21. The summed E-state index contributed by atoms with van der Waals surface area (Å²) in [6.45, 7) is 7.46. The minimum Gasteiger partial charge on any atom is -0.462 e. The molecule has 4 heteroatoms. The molecule has 0 amide bonds. The predicted molar refractivity (Wildman–Crippen MR) is 81.1 cm³/mol. The van der Waals surface area contributed by atoms with Crippen molar-refractivity contribution in [3.8, 4) is 0 Å². The summed E-state index contributed by atoms with van der Waals surface area (Å²) in [5.41, 5.74) is 1.26. The third kappa shape index (κ3) is 4.60. The third-order valence-electron chi connectivity index (χ3n) is 2.81. The fourth-order valence-corrected chi connectivity index (χ4v) is 1.83. The van der Waals surface area contributed by atoms with Crippen LogP contribution in [0.15, 0.2) is 43.2 Å². The van der Waals surface area contributed by atoms with Crippen molar-refractivity contribution in [3.05, 3.63) is 59.9 Å². The van der Waals surface area contributed by atoms with Crippen molar-refractivity contribution >= 4 is 11.9 Å². The van der Waals surface area contributed by atoms with Gasteiger partial charge in [-0.2, -0.15) is 0 Å². The van der Waals surface area contributed by atoms with Gasteiger partial charge in [0, 0.05) is 0 Å². The zero-order valence-electron chi connectivity index (χ0n) is 12.4. The molecule has 0 aliphatic carbocycles. The molecule has 0 unspecified atom stereocenters. The van der Waals surface area contributed by atoms with Crippen molar-refractivity contribution < 1.29 is 19.1 Å². The molecule has 0 aliphatic rings. The molecular weight excluding hydrogens is 268 g/mol. The van der Waals surface area contributed by atoms with E-state index in [4.69, 9.17) is 9.47 Å². The topological polar surface area (TPSA) is 52.6 Å². The summed E-state index contributed by atoms with van der Waals surface area (Å²) in [6.07, 6.45) is 5.89. The number of allylic oxidation sites excluding steroid dienone is 2. The molecule has 0 saturated heterocycles. The van der Waals surface area contributed by atoms with E-state index in [1.807, 2.05) is 6.92 Å². The van der Waals surface area contributed by atoms with Crippen LogP contribution in [0.25, 0.3) is 0 Å². The van der Waals surface area contributed by atoms with Gasteiger partial charge in [0.05, 0.1) is 24.0 Å². The van der Waals surface area contributed by atoms with Crippen molar-refractivity contribution in [1.29, 1.82) is 0 Å². The van der Waals surface area contributed by atoms with Crippen molar-refractivity contribution in [2.45, 2.75) is 26.7 Å². The number of carbonyl (C=O) groups excluding carboxylic acids is 2. The van der Waals surface area contributed by atoms with Gasteiger partial charge >= 0.3 is 11.9 Å². The van der Waals surface area contributed by atoms with E-state index in [0.29, 0.717) is 12.8 Å². The Morgan fingerprint density at radius 1 is 1.24 bits per heavy atom. The van der Waals surface area contributed by atoms with E-state index in [0.717, 1.165) is 5.56 Å². The molecule has 4 nitrogen and oxygen atoms in total. The van der Waals surface area contributed by atoms with Crippen LogP contribution < -0.4 is 0 Å². The molecule has 0 atom stereocenters. The molecule has 1 aromatic rings. The lowest BCUT2D eigenvalue weighted by molar-refractivity contribution is 0.0511. The second-order valence-electron chi connectivity index (χ2n) is 4.22. The maximum atomic E-state index is 12.1. The van der Waals surface area contributed by atoms with Crippen LogP contribution in [0.3, 0.4) is 0 Å². The van der Waals surface area contributed by atoms with Crippen LogP contribution >= 0.6 is 0 Å². The Bertz CT molecular complexity index is 544. The van der Waals surface area contributed by atoms with Gasteiger partial charge in [0.1, 0.15) is 0 Å². The number of ether oxygens (including phenoxy) is 2. The summed E-state index contributed by atoms with van der Waals surface area (Å²) in [7, 11) is 0. The first-order valence-corrected chi connectivity index (χ1v) is 6.91. The quantitative estimate of drug-likeness (QED) is 0.436. The molecule has 1 aromatic carbocycles. The van der Waals surface area contributed by atoms with E-state index < -0.39 is 11.9 Å². The van der Waals surface area contributed by atoms with Crippen molar-refractivity contribution in [1.82, 2.24) is 0 Å².